The number of nitrogens with two attached hydrogens (primary N) is 1. The Bertz CT molecular complexity index is 571. The van der Waals surface area contributed by atoms with Gasteiger partial charge < -0.3 is 10.8 Å². The molecule has 0 amide bonds. The summed E-state index contributed by atoms with van der Waals surface area (Å²) in [7, 11) is -3.70. The van der Waals surface area contributed by atoms with Gasteiger partial charge in [0.1, 0.15) is 6.04 Å². The van der Waals surface area contributed by atoms with Crippen LogP contribution in [-0.2, 0) is 19.1 Å². The van der Waals surface area contributed by atoms with E-state index in [1.165, 1.54) is 23.9 Å². The highest BCUT2D eigenvalue weighted by Gasteiger charge is 2.14. The average Bonchev–Trinajstić information content (AvgIpc) is 2.46. The first-order valence-electron chi connectivity index (χ1n) is 6.85. The first kappa shape index (κ1) is 19.0. The molecule has 22 heavy (non-hydrogen) atoms. The van der Waals surface area contributed by atoms with Crippen molar-refractivity contribution in [1.82, 2.24) is 0 Å². The van der Waals surface area contributed by atoms with Crippen LogP contribution < -0.4 is 5.73 Å². The Morgan fingerprint density at radius 2 is 1.95 bits per heavy atom. The van der Waals surface area contributed by atoms with Crippen molar-refractivity contribution >= 4 is 27.8 Å². The van der Waals surface area contributed by atoms with Crippen molar-refractivity contribution in [2.24, 2.45) is 5.73 Å². The molecule has 0 spiro atoms. The SMILES string of the molecule is Cc1ccc(S(=O)(=O)OCCCSCC[C@H](N)C(=O)O)cc1. The molecule has 124 valence electrons. The van der Waals surface area contributed by atoms with Crippen LogP contribution in [0, 0.1) is 6.92 Å². The van der Waals surface area contributed by atoms with Gasteiger partial charge in [0, 0.05) is 0 Å². The molecule has 1 aromatic rings. The Morgan fingerprint density at radius 1 is 1.32 bits per heavy atom. The first-order chi connectivity index (χ1) is 10.3. The third kappa shape index (κ3) is 6.78. The third-order valence-corrected chi connectivity index (χ3v) is 5.30. The molecule has 0 aromatic heterocycles. The predicted molar refractivity (Wildman–Crippen MR) is 86.5 cm³/mol. The minimum Gasteiger partial charge on any atom is -0.480 e. The average molecular weight is 347 g/mol. The van der Waals surface area contributed by atoms with Gasteiger partial charge >= 0.3 is 5.97 Å². The lowest BCUT2D eigenvalue weighted by Crippen LogP contribution is -2.30. The summed E-state index contributed by atoms with van der Waals surface area (Å²) >= 11 is 1.53. The number of carbonyl (C=O) groups is 1. The van der Waals surface area contributed by atoms with E-state index in [9.17, 15) is 13.2 Å². The van der Waals surface area contributed by atoms with Crippen LogP contribution in [0.25, 0.3) is 0 Å². The van der Waals surface area contributed by atoms with E-state index in [0.29, 0.717) is 24.3 Å². The van der Waals surface area contributed by atoms with E-state index in [4.69, 9.17) is 15.0 Å². The summed E-state index contributed by atoms with van der Waals surface area (Å²) in [4.78, 5) is 10.7. The molecule has 6 nitrogen and oxygen atoms in total. The summed E-state index contributed by atoms with van der Waals surface area (Å²) in [5.74, 6) is 0.307. The molecule has 0 aliphatic carbocycles. The van der Waals surface area contributed by atoms with Crippen molar-refractivity contribution in [1.29, 1.82) is 0 Å². The minimum atomic E-state index is -3.70. The molecule has 8 heteroatoms. The number of benzene rings is 1. The zero-order valence-corrected chi connectivity index (χ0v) is 14.0. The van der Waals surface area contributed by atoms with E-state index >= 15 is 0 Å². The fourth-order valence-electron chi connectivity index (χ4n) is 1.54. The summed E-state index contributed by atoms with van der Waals surface area (Å²) in [5.41, 5.74) is 6.35. The lowest BCUT2D eigenvalue weighted by molar-refractivity contribution is -0.138. The molecular weight excluding hydrogens is 326 g/mol. The van der Waals surface area contributed by atoms with Crippen LogP contribution in [0.1, 0.15) is 18.4 Å². The second-order valence-corrected chi connectivity index (χ2v) is 7.63. The van der Waals surface area contributed by atoms with Crippen LogP contribution in [-0.4, -0.2) is 43.6 Å². The van der Waals surface area contributed by atoms with Crippen LogP contribution in [0.2, 0.25) is 0 Å². The van der Waals surface area contributed by atoms with Crippen LogP contribution in [0.15, 0.2) is 29.2 Å². The van der Waals surface area contributed by atoms with E-state index in [-0.39, 0.29) is 11.5 Å². The van der Waals surface area contributed by atoms with Crippen molar-refractivity contribution in [3.8, 4) is 0 Å². The van der Waals surface area contributed by atoms with Gasteiger partial charge in [-0.15, -0.1) is 0 Å². The van der Waals surface area contributed by atoms with Gasteiger partial charge in [-0.25, -0.2) is 0 Å². The number of aryl methyl sites for hydroxylation is 1. The Morgan fingerprint density at radius 3 is 2.55 bits per heavy atom. The largest absolute Gasteiger partial charge is 0.480 e. The van der Waals surface area contributed by atoms with Gasteiger partial charge in [0.2, 0.25) is 0 Å². The van der Waals surface area contributed by atoms with E-state index < -0.39 is 22.1 Å². The van der Waals surface area contributed by atoms with Crippen molar-refractivity contribution in [3.63, 3.8) is 0 Å². The molecule has 0 bridgehead atoms. The molecule has 1 atom stereocenters. The van der Waals surface area contributed by atoms with E-state index in [1.807, 2.05) is 6.92 Å². The maximum atomic E-state index is 11.9. The van der Waals surface area contributed by atoms with Crippen LogP contribution in [0.4, 0.5) is 0 Å². The second-order valence-electron chi connectivity index (χ2n) is 4.79. The quantitative estimate of drug-likeness (QED) is 0.489. The predicted octanol–water partition coefficient (Wildman–Crippen LogP) is 1.63. The van der Waals surface area contributed by atoms with Crippen LogP contribution >= 0.6 is 11.8 Å². The summed E-state index contributed by atoms with van der Waals surface area (Å²) in [6, 6.07) is 5.64. The fraction of sp³-hybridized carbons (Fsp3) is 0.500. The smallest absolute Gasteiger partial charge is 0.320 e. The number of rotatable bonds is 10. The summed E-state index contributed by atoms with van der Waals surface area (Å²) in [6.07, 6.45) is 0.959. The molecule has 0 aliphatic heterocycles. The highest BCUT2D eigenvalue weighted by atomic mass is 32.2. The van der Waals surface area contributed by atoms with Crippen LogP contribution in [0.5, 0.6) is 0 Å². The molecule has 3 N–H and O–H groups in total. The third-order valence-electron chi connectivity index (χ3n) is 2.87. The normalized spacial score (nSPS) is 13.0. The maximum absolute atomic E-state index is 11.9. The van der Waals surface area contributed by atoms with Gasteiger partial charge in [0.05, 0.1) is 11.5 Å². The highest BCUT2D eigenvalue weighted by molar-refractivity contribution is 7.99. The van der Waals surface area contributed by atoms with E-state index in [1.54, 1.807) is 12.1 Å². The number of hydrogen-bond acceptors (Lipinski definition) is 6. The van der Waals surface area contributed by atoms with Gasteiger partial charge in [0.25, 0.3) is 10.1 Å². The highest BCUT2D eigenvalue weighted by Crippen LogP contribution is 2.14. The minimum absolute atomic E-state index is 0.105. The zero-order valence-electron chi connectivity index (χ0n) is 12.4. The van der Waals surface area contributed by atoms with Gasteiger partial charge in [-0.3, -0.25) is 8.98 Å². The zero-order chi connectivity index (χ0) is 16.6. The standard InChI is InChI=1S/C14H21NO5S2/c1-11-3-5-12(6-4-11)22(18,19)20-8-2-9-21-10-7-13(15)14(16)17/h3-6,13H,2,7-10,15H2,1H3,(H,16,17)/t13-/m0/s1. The number of thioether (sulfide) groups is 1. The molecule has 0 saturated heterocycles. The number of carboxylic acid groups (broad SMARTS) is 1. The lowest BCUT2D eigenvalue weighted by Gasteiger charge is -2.07. The maximum Gasteiger partial charge on any atom is 0.320 e. The Labute approximate surface area is 135 Å². The Kier molecular flexibility index (Phi) is 7.88. The summed E-state index contributed by atoms with van der Waals surface area (Å²) in [5, 5.41) is 8.62. The van der Waals surface area contributed by atoms with Crippen LogP contribution in [0.3, 0.4) is 0 Å². The molecular formula is C14H21NO5S2. The first-order valence-corrected chi connectivity index (χ1v) is 9.41. The number of aliphatic carboxylic acids is 1. The molecule has 0 aliphatic rings. The lowest BCUT2D eigenvalue weighted by atomic mass is 10.2. The monoisotopic (exact) mass is 347 g/mol. The molecule has 0 radical (unpaired) electrons. The fourth-order valence-corrected chi connectivity index (χ4v) is 3.43. The van der Waals surface area contributed by atoms with Crippen molar-refractivity contribution in [2.75, 3.05) is 18.1 Å². The van der Waals surface area contributed by atoms with Gasteiger partial charge in [-0.2, -0.15) is 20.2 Å². The number of carboxylic acids is 1. The van der Waals surface area contributed by atoms with E-state index in [2.05, 4.69) is 0 Å². The van der Waals surface area contributed by atoms with E-state index in [0.717, 1.165) is 5.56 Å². The molecule has 0 unspecified atom stereocenters. The molecule has 0 heterocycles. The summed E-state index contributed by atoms with van der Waals surface area (Å²) < 4.78 is 28.7. The van der Waals surface area contributed by atoms with Gasteiger partial charge in [-0.05, 0) is 43.4 Å². The molecule has 0 saturated carbocycles. The van der Waals surface area contributed by atoms with Gasteiger partial charge in [0.15, 0.2) is 0 Å². The Balaban J connectivity index is 2.21. The topological polar surface area (TPSA) is 107 Å². The molecule has 1 rings (SSSR count). The van der Waals surface area contributed by atoms with Crippen molar-refractivity contribution in [2.45, 2.75) is 30.7 Å². The van der Waals surface area contributed by atoms with Crippen molar-refractivity contribution < 1.29 is 22.5 Å². The molecule has 1 aromatic carbocycles. The summed E-state index contributed by atoms with van der Waals surface area (Å²) in [6.45, 7) is 1.99. The number of hydrogen-bond donors (Lipinski definition) is 2. The van der Waals surface area contributed by atoms with Gasteiger partial charge in [-0.1, -0.05) is 17.7 Å². The van der Waals surface area contributed by atoms with Crippen molar-refractivity contribution in [3.05, 3.63) is 29.8 Å². The second kappa shape index (κ2) is 9.14. The molecule has 0 fully saturated rings. The Hall–Kier alpha value is -1.09.